The Morgan fingerprint density at radius 2 is 1.92 bits per heavy atom. The van der Waals surface area contributed by atoms with E-state index >= 15 is 0 Å². The fourth-order valence-electron chi connectivity index (χ4n) is 2.41. The molecule has 3 aromatic rings. The first kappa shape index (κ1) is 15.9. The van der Waals surface area contributed by atoms with Gasteiger partial charge in [0.05, 0.1) is 6.20 Å². The molecule has 6 heteroatoms. The highest BCUT2D eigenvalue weighted by atomic mass is 19.1. The summed E-state index contributed by atoms with van der Waals surface area (Å²) >= 11 is 0. The number of rotatable bonds is 5. The Balaban J connectivity index is 1.87. The molecule has 0 bridgehead atoms. The molecule has 0 aliphatic carbocycles. The highest BCUT2D eigenvalue weighted by molar-refractivity contribution is 5.61. The lowest BCUT2D eigenvalue weighted by Crippen LogP contribution is -2.18. The second-order valence-electron chi connectivity index (χ2n) is 5.35. The molecule has 2 aromatic carbocycles. The van der Waals surface area contributed by atoms with Crippen LogP contribution in [0, 0.1) is 12.7 Å². The number of hydrogen-bond acceptors (Lipinski definition) is 5. The summed E-state index contributed by atoms with van der Waals surface area (Å²) in [6, 6.07) is 14.2. The van der Waals surface area contributed by atoms with Gasteiger partial charge in [0.15, 0.2) is 5.82 Å². The van der Waals surface area contributed by atoms with Crippen molar-refractivity contribution >= 4 is 23.1 Å². The van der Waals surface area contributed by atoms with E-state index in [1.807, 2.05) is 12.1 Å². The van der Waals surface area contributed by atoms with Gasteiger partial charge in [0.25, 0.3) is 0 Å². The molecule has 0 aliphatic heterocycles. The van der Waals surface area contributed by atoms with Gasteiger partial charge in [-0.25, -0.2) is 4.39 Å². The Kier molecular flexibility index (Phi) is 4.65. The molecule has 24 heavy (non-hydrogen) atoms. The van der Waals surface area contributed by atoms with Crippen molar-refractivity contribution in [3.8, 4) is 0 Å². The van der Waals surface area contributed by atoms with Crippen LogP contribution < -0.4 is 10.2 Å². The van der Waals surface area contributed by atoms with Gasteiger partial charge in [-0.05, 0) is 55.8 Å². The highest BCUT2D eigenvalue weighted by Gasteiger charge is 2.11. The van der Waals surface area contributed by atoms with Gasteiger partial charge in [0, 0.05) is 17.9 Å². The zero-order valence-corrected chi connectivity index (χ0v) is 13.6. The zero-order chi connectivity index (χ0) is 16.9. The van der Waals surface area contributed by atoms with Crippen molar-refractivity contribution < 1.29 is 4.39 Å². The predicted octanol–water partition coefficient (Wildman–Crippen LogP) is 4.22. The van der Waals surface area contributed by atoms with Crippen LogP contribution in [0.25, 0.3) is 0 Å². The molecule has 0 radical (unpaired) electrons. The van der Waals surface area contributed by atoms with Crippen molar-refractivity contribution in [3.63, 3.8) is 0 Å². The summed E-state index contributed by atoms with van der Waals surface area (Å²) in [7, 11) is 0. The number of halogens is 1. The molecular formula is C18H18FN5. The van der Waals surface area contributed by atoms with Crippen molar-refractivity contribution in [1.29, 1.82) is 0 Å². The minimum Gasteiger partial charge on any atom is -0.325 e. The van der Waals surface area contributed by atoms with Crippen LogP contribution in [0.1, 0.15) is 12.5 Å². The van der Waals surface area contributed by atoms with Gasteiger partial charge >= 0.3 is 0 Å². The van der Waals surface area contributed by atoms with E-state index in [-0.39, 0.29) is 5.82 Å². The van der Waals surface area contributed by atoms with Crippen molar-refractivity contribution in [2.75, 3.05) is 16.8 Å². The number of aromatic nitrogens is 3. The second kappa shape index (κ2) is 7.04. The maximum absolute atomic E-state index is 13.0. The molecule has 0 saturated heterocycles. The number of nitrogens with zero attached hydrogens (tertiary/aromatic N) is 4. The van der Waals surface area contributed by atoms with E-state index in [9.17, 15) is 4.39 Å². The quantitative estimate of drug-likeness (QED) is 0.762. The van der Waals surface area contributed by atoms with Crippen molar-refractivity contribution in [1.82, 2.24) is 15.2 Å². The Morgan fingerprint density at radius 1 is 1.12 bits per heavy atom. The molecule has 5 nitrogen and oxygen atoms in total. The lowest BCUT2D eigenvalue weighted by Gasteiger charge is -2.22. The molecule has 1 heterocycles. The smallest absolute Gasteiger partial charge is 0.249 e. The first-order valence-electron chi connectivity index (χ1n) is 7.72. The normalized spacial score (nSPS) is 10.5. The summed E-state index contributed by atoms with van der Waals surface area (Å²) in [4.78, 5) is 6.57. The summed E-state index contributed by atoms with van der Waals surface area (Å²) in [6.07, 6.45) is 1.63. The summed E-state index contributed by atoms with van der Waals surface area (Å²) in [5, 5.41) is 11.1. The fourth-order valence-corrected chi connectivity index (χ4v) is 2.41. The standard InChI is InChI=1S/C18H18FN5/c1-3-24(16-6-4-5-13(2)11-16)17-12-20-23-18(22-17)21-15-9-7-14(19)8-10-15/h4-12H,3H2,1-2H3,(H,21,22,23). The number of benzene rings is 2. The number of aryl methyl sites for hydroxylation is 1. The minimum absolute atomic E-state index is 0.287. The average Bonchev–Trinajstić information content (AvgIpc) is 2.58. The average molecular weight is 323 g/mol. The molecule has 0 aliphatic rings. The van der Waals surface area contributed by atoms with Crippen LogP contribution >= 0.6 is 0 Å². The molecule has 0 spiro atoms. The lowest BCUT2D eigenvalue weighted by molar-refractivity contribution is 0.628. The maximum atomic E-state index is 13.0. The van der Waals surface area contributed by atoms with Crippen LogP contribution in [0.5, 0.6) is 0 Å². The third-order valence-electron chi connectivity index (χ3n) is 3.55. The van der Waals surface area contributed by atoms with E-state index in [0.29, 0.717) is 17.5 Å². The largest absolute Gasteiger partial charge is 0.325 e. The Morgan fingerprint density at radius 3 is 2.62 bits per heavy atom. The first-order valence-corrected chi connectivity index (χ1v) is 7.72. The van der Waals surface area contributed by atoms with Crippen LogP contribution in [0.3, 0.4) is 0 Å². The maximum Gasteiger partial charge on any atom is 0.249 e. The van der Waals surface area contributed by atoms with Gasteiger partial charge in [-0.3, -0.25) is 0 Å². The molecule has 0 amide bonds. The molecule has 0 fully saturated rings. The van der Waals surface area contributed by atoms with E-state index in [1.165, 1.54) is 17.7 Å². The Bertz CT molecular complexity index is 820. The van der Waals surface area contributed by atoms with Crippen molar-refractivity contribution in [2.45, 2.75) is 13.8 Å². The third-order valence-corrected chi connectivity index (χ3v) is 3.55. The molecule has 1 aromatic heterocycles. The number of anilines is 4. The van der Waals surface area contributed by atoms with Gasteiger partial charge in [-0.1, -0.05) is 12.1 Å². The fraction of sp³-hybridized carbons (Fsp3) is 0.167. The third kappa shape index (κ3) is 3.65. The van der Waals surface area contributed by atoms with Crippen molar-refractivity contribution in [3.05, 3.63) is 66.1 Å². The topological polar surface area (TPSA) is 53.9 Å². The summed E-state index contributed by atoms with van der Waals surface area (Å²) < 4.78 is 13.0. The second-order valence-corrected chi connectivity index (χ2v) is 5.35. The van der Waals surface area contributed by atoms with Crippen LogP contribution in [0.4, 0.5) is 27.5 Å². The van der Waals surface area contributed by atoms with Crippen LogP contribution in [0.2, 0.25) is 0 Å². The van der Waals surface area contributed by atoms with Gasteiger partial charge in [-0.15, -0.1) is 5.10 Å². The van der Waals surface area contributed by atoms with E-state index in [1.54, 1.807) is 18.3 Å². The molecule has 0 saturated carbocycles. The van der Waals surface area contributed by atoms with Gasteiger partial charge in [0.1, 0.15) is 5.82 Å². The molecular weight excluding hydrogens is 305 g/mol. The Hall–Kier alpha value is -3.02. The SMILES string of the molecule is CCN(c1cccc(C)c1)c1cnnc(Nc2ccc(F)cc2)n1. The zero-order valence-electron chi connectivity index (χ0n) is 13.6. The van der Waals surface area contributed by atoms with Crippen LogP contribution in [0.15, 0.2) is 54.7 Å². The predicted molar refractivity (Wildman–Crippen MR) is 93.4 cm³/mol. The van der Waals surface area contributed by atoms with E-state index in [2.05, 4.69) is 51.4 Å². The van der Waals surface area contributed by atoms with Gasteiger partial charge < -0.3 is 10.2 Å². The molecule has 3 rings (SSSR count). The van der Waals surface area contributed by atoms with E-state index in [4.69, 9.17) is 0 Å². The number of nitrogens with one attached hydrogen (secondary N) is 1. The summed E-state index contributed by atoms with van der Waals surface area (Å²) in [5.74, 6) is 0.776. The van der Waals surface area contributed by atoms with Crippen LogP contribution in [-0.4, -0.2) is 21.7 Å². The van der Waals surface area contributed by atoms with E-state index in [0.717, 1.165) is 12.2 Å². The van der Waals surface area contributed by atoms with Gasteiger partial charge in [-0.2, -0.15) is 10.1 Å². The van der Waals surface area contributed by atoms with Crippen molar-refractivity contribution in [2.24, 2.45) is 0 Å². The first-order chi connectivity index (χ1) is 11.7. The monoisotopic (exact) mass is 323 g/mol. The van der Waals surface area contributed by atoms with Gasteiger partial charge in [0.2, 0.25) is 5.95 Å². The van der Waals surface area contributed by atoms with Crippen LogP contribution in [-0.2, 0) is 0 Å². The Labute approximate surface area is 140 Å². The lowest BCUT2D eigenvalue weighted by atomic mass is 10.2. The molecule has 0 unspecified atom stereocenters. The summed E-state index contributed by atoms with van der Waals surface area (Å²) in [5.41, 5.74) is 2.93. The highest BCUT2D eigenvalue weighted by Crippen LogP contribution is 2.24. The minimum atomic E-state index is -0.287. The number of hydrogen-bond donors (Lipinski definition) is 1. The van der Waals surface area contributed by atoms with E-state index < -0.39 is 0 Å². The molecule has 122 valence electrons. The molecule has 0 atom stereocenters. The summed E-state index contributed by atoms with van der Waals surface area (Å²) in [6.45, 7) is 4.85. The molecule has 1 N–H and O–H groups in total.